The maximum atomic E-state index is 12.8. The first kappa shape index (κ1) is 64.9. The Morgan fingerprint density at radius 3 is 0.944 bits per heavy atom. The first-order valence-electron chi connectivity index (χ1n) is 30.0. The predicted molar refractivity (Wildman–Crippen MR) is 352 cm³/mol. The number of carboxylic acid groups (broad SMARTS) is 2. The van der Waals surface area contributed by atoms with E-state index in [-0.39, 0.29) is 37.3 Å². The maximum Gasteiger partial charge on any atom is 0.408 e. The second kappa shape index (κ2) is 27.1. The smallest absolute Gasteiger partial charge is 0.408 e. The number of carbonyl (C=O) groups is 4. The van der Waals surface area contributed by atoms with Crippen molar-refractivity contribution in [3.05, 3.63) is 155 Å². The summed E-state index contributed by atoms with van der Waals surface area (Å²) >= 11 is 0. The molecule has 0 aliphatic carbocycles. The quantitative estimate of drug-likeness (QED) is 0.0416. The molecule has 0 saturated heterocycles. The number of hydrogen-bond acceptors (Lipinski definition) is 12. The van der Waals surface area contributed by atoms with Crippen LogP contribution in [0, 0.1) is 0 Å². The summed E-state index contributed by atoms with van der Waals surface area (Å²) in [6.45, 7) is 22.2. The van der Waals surface area contributed by atoms with Crippen LogP contribution in [0.5, 0.6) is 11.5 Å². The SMILES string of the molecule is CC(C)(C)OC(=O)N[C@@H](COCC(=O)O)COc1ccc(-c2c3nc(c(-c4ccc(C(C)(C)C)cc4)c4ccc([nH]4)c(-c4ccc(OC[C@H](COCC(=O)O)NC(=O)OC(C)(C)C)cc4)c4nc(c(-c5ccc(C(C)(C)C)cc5)c5ccc2[nH]5)C=C4)C=C3)cc1. The Morgan fingerprint density at radius 1 is 0.411 bits per heavy atom. The summed E-state index contributed by atoms with van der Waals surface area (Å²) in [5.41, 5.74) is 13.6. The van der Waals surface area contributed by atoms with Crippen molar-refractivity contribution >= 4 is 70.5 Å². The molecular formula is C72H80N6O12. The largest absolute Gasteiger partial charge is 0.491 e. The minimum Gasteiger partial charge on any atom is -0.491 e. The van der Waals surface area contributed by atoms with Gasteiger partial charge in [0, 0.05) is 44.3 Å². The minimum atomic E-state index is -1.14. The number of hydrogen-bond donors (Lipinski definition) is 6. The van der Waals surface area contributed by atoms with Gasteiger partial charge in [0.25, 0.3) is 0 Å². The van der Waals surface area contributed by atoms with Crippen LogP contribution in [-0.4, -0.2) is 117 Å². The first-order chi connectivity index (χ1) is 42.5. The number of carboxylic acids is 2. The molecular weight excluding hydrogens is 1140 g/mol. The lowest BCUT2D eigenvalue weighted by atomic mass is 9.86. The Kier molecular flexibility index (Phi) is 19.5. The molecule has 2 amide bonds. The van der Waals surface area contributed by atoms with Gasteiger partial charge in [-0.1, -0.05) is 114 Å². The number of aromatic amines is 2. The highest BCUT2D eigenvalue weighted by Crippen LogP contribution is 2.40. The molecule has 6 N–H and O–H groups in total. The van der Waals surface area contributed by atoms with Gasteiger partial charge >= 0.3 is 24.1 Å². The van der Waals surface area contributed by atoms with Gasteiger partial charge in [-0.2, -0.15) is 0 Å². The lowest BCUT2D eigenvalue weighted by Gasteiger charge is -2.23. The Morgan fingerprint density at radius 2 is 0.689 bits per heavy atom. The van der Waals surface area contributed by atoms with E-state index in [1.165, 1.54) is 11.1 Å². The number of carbonyl (C=O) groups excluding carboxylic acids is 2. The fraction of sp³-hybridized carbons (Fsp3) is 0.333. The molecule has 7 aromatic rings. The number of alkyl carbamates (subject to hydrolysis) is 2. The fourth-order valence-corrected chi connectivity index (χ4v) is 10.3. The summed E-state index contributed by atoms with van der Waals surface area (Å²) in [5, 5.41) is 24.0. The standard InChI is InChI=1S/C72H80N6O12/c1-69(2,3)47-21-13-43(14-22-47)63-53-29-33-57(75-53)65(45-17-25-51(26-18-45)87-39-49(37-85-41-61(79)80)73-67(83)89-71(7,8)9)59-35-31-55(77-59)64(44-15-23-48(24-16-44)70(4,5)6)56-32-36-60(78-56)66(58-34-30-54(63)76-58)46-19-27-52(28-20-46)88-40-50(38-86-42-62(81)82)74-68(84)90-72(10,11)12/h13-36,49-50,75,78H,37-42H2,1-12H3,(H,73,83)(H,74,84)(H,79,80)(H,81,82)/t49-,50-/m0/s1. The molecule has 2 aliphatic rings. The molecule has 9 rings (SSSR count). The zero-order chi connectivity index (χ0) is 64.7. The number of H-pyrrole nitrogens is 2. The molecule has 0 radical (unpaired) electrons. The molecule has 2 atom stereocenters. The molecule has 18 heteroatoms. The van der Waals surface area contributed by atoms with Crippen LogP contribution in [0.25, 0.3) is 90.9 Å². The van der Waals surface area contributed by atoms with Crippen LogP contribution in [0.15, 0.2) is 121 Å². The number of nitrogens with one attached hydrogen (secondary N) is 4. The average Bonchev–Trinajstić information content (AvgIpc) is 1.63. The highest BCUT2D eigenvalue weighted by atomic mass is 16.6. The van der Waals surface area contributed by atoms with Crippen LogP contribution in [0.1, 0.15) is 117 Å². The highest BCUT2D eigenvalue weighted by molar-refractivity contribution is 6.00. The van der Waals surface area contributed by atoms with Gasteiger partial charge in [0.2, 0.25) is 0 Å². The summed E-state index contributed by atoms with van der Waals surface area (Å²) in [7, 11) is 0. The minimum absolute atomic E-state index is 0.0412. The summed E-state index contributed by atoms with van der Waals surface area (Å²) in [6, 6.07) is 39.2. The van der Waals surface area contributed by atoms with Gasteiger partial charge < -0.3 is 59.2 Å². The van der Waals surface area contributed by atoms with E-state index < -0.39 is 60.6 Å². The highest BCUT2D eigenvalue weighted by Gasteiger charge is 2.25. The molecule has 4 aromatic carbocycles. The Labute approximate surface area is 524 Å². The summed E-state index contributed by atoms with van der Waals surface area (Å²) < 4.78 is 34.2. The lowest BCUT2D eigenvalue weighted by molar-refractivity contribution is -0.143. The van der Waals surface area contributed by atoms with E-state index in [4.69, 9.17) is 38.4 Å². The van der Waals surface area contributed by atoms with Crippen molar-refractivity contribution in [2.75, 3.05) is 39.6 Å². The van der Waals surface area contributed by atoms with Crippen molar-refractivity contribution in [1.82, 2.24) is 30.6 Å². The van der Waals surface area contributed by atoms with E-state index in [2.05, 4.69) is 135 Å². The topological polar surface area (TPSA) is 246 Å². The number of ether oxygens (including phenoxy) is 6. The van der Waals surface area contributed by atoms with Crippen LogP contribution in [0.4, 0.5) is 9.59 Å². The van der Waals surface area contributed by atoms with Crippen LogP contribution in [0.2, 0.25) is 0 Å². The number of nitrogens with zero attached hydrogens (tertiary/aromatic N) is 2. The number of fused-ring (bicyclic) bond motifs is 8. The number of rotatable bonds is 20. The molecule has 0 spiro atoms. The molecule has 3 aromatic heterocycles. The number of aliphatic carboxylic acids is 2. The summed E-state index contributed by atoms with van der Waals surface area (Å²) in [6.07, 6.45) is 6.78. The van der Waals surface area contributed by atoms with E-state index in [9.17, 15) is 29.4 Å². The maximum absolute atomic E-state index is 12.8. The van der Waals surface area contributed by atoms with E-state index in [1.54, 1.807) is 41.5 Å². The zero-order valence-corrected chi connectivity index (χ0v) is 53.1. The van der Waals surface area contributed by atoms with E-state index >= 15 is 0 Å². The van der Waals surface area contributed by atoms with Crippen molar-refractivity contribution in [1.29, 1.82) is 0 Å². The Hall–Kier alpha value is -9.52. The molecule has 8 bridgehead atoms. The lowest BCUT2D eigenvalue weighted by Crippen LogP contribution is -2.45. The van der Waals surface area contributed by atoms with Crippen molar-refractivity contribution < 1.29 is 57.8 Å². The van der Waals surface area contributed by atoms with Crippen molar-refractivity contribution in [2.24, 2.45) is 0 Å². The third-order valence-corrected chi connectivity index (χ3v) is 14.6. The number of benzene rings is 4. The molecule has 0 saturated carbocycles. The van der Waals surface area contributed by atoms with Crippen molar-refractivity contribution in [2.45, 2.75) is 117 Å². The fourth-order valence-electron chi connectivity index (χ4n) is 10.3. The van der Waals surface area contributed by atoms with Crippen LogP contribution in [-0.2, 0) is 39.4 Å². The molecule has 0 fully saturated rings. The number of amides is 2. The molecule has 0 unspecified atom stereocenters. The van der Waals surface area contributed by atoms with E-state index in [1.807, 2.05) is 72.8 Å². The second-order valence-corrected chi connectivity index (χ2v) is 26.3. The van der Waals surface area contributed by atoms with Gasteiger partial charge in [0.1, 0.15) is 49.1 Å². The van der Waals surface area contributed by atoms with Crippen LogP contribution in [0.3, 0.4) is 0 Å². The molecule has 90 heavy (non-hydrogen) atoms. The molecule has 470 valence electrons. The van der Waals surface area contributed by atoms with E-state index in [0.717, 1.165) is 78.0 Å². The van der Waals surface area contributed by atoms with Gasteiger partial charge in [-0.15, -0.1) is 0 Å². The van der Waals surface area contributed by atoms with Gasteiger partial charge in [-0.3, -0.25) is 0 Å². The molecule has 18 nitrogen and oxygen atoms in total. The molecule has 2 aliphatic heterocycles. The Balaban J connectivity index is 1.20. The van der Waals surface area contributed by atoms with Crippen LogP contribution < -0.4 is 20.1 Å². The summed E-state index contributed by atoms with van der Waals surface area (Å²) in [5.74, 6) is -1.29. The molecule has 5 heterocycles. The van der Waals surface area contributed by atoms with Gasteiger partial charge in [0.05, 0.1) is 48.1 Å². The van der Waals surface area contributed by atoms with Crippen molar-refractivity contribution in [3.8, 4) is 56.0 Å². The second-order valence-electron chi connectivity index (χ2n) is 26.3. The van der Waals surface area contributed by atoms with Gasteiger partial charge in [-0.25, -0.2) is 29.1 Å². The number of aromatic nitrogens is 4. The zero-order valence-electron chi connectivity index (χ0n) is 53.1. The monoisotopic (exact) mass is 1220 g/mol. The average molecular weight is 1220 g/mol. The summed E-state index contributed by atoms with van der Waals surface area (Å²) in [4.78, 5) is 67.0. The predicted octanol–water partition coefficient (Wildman–Crippen LogP) is 14.7. The van der Waals surface area contributed by atoms with Gasteiger partial charge in [-0.05, 0) is 159 Å². The normalized spacial score (nSPS) is 13.1. The Bertz CT molecular complexity index is 3730. The third-order valence-electron chi connectivity index (χ3n) is 14.6. The van der Waals surface area contributed by atoms with Crippen molar-refractivity contribution in [3.63, 3.8) is 0 Å². The van der Waals surface area contributed by atoms with E-state index in [0.29, 0.717) is 22.9 Å². The third kappa shape index (κ3) is 17.0. The first-order valence-corrected chi connectivity index (χ1v) is 30.0. The van der Waals surface area contributed by atoms with Gasteiger partial charge in [0.15, 0.2) is 0 Å². The van der Waals surface area contributed by atoms with Crippen LogP contribution >= 0.6 is 0 Å².